The van der Waals surface area contributed by atoms with E-state index in [2.05, 4.69) is 12.2 Å². The van der Waals surface area contributed by atoms with Gasteiger partial charge in [0.05, 0.1) is 12.1 Å². The van der Waals surface area contributed by atoms with Crippen molar-refractivity contribution in [1.29, 1.82) is 0 Å². The highest BCUT2D eigenvalue weighted by Gasteiger charge is 2.31. The highest BCUT2D eigenvalue weighted by Crippen LogP contribution is 2.19. The molecule has 2 aliphatic heterocycles. The fraction of sp³-hybridized carbons (Fsp3) is 0.923. The van der Waals surface area contributed by atoms with E-state index in [9.17, 15) is 9.90 Å². The fourth-order valence-electron chi connectivity index (χ4n) is 2.71. The molecule has 3 atom stereocenters. The molecule has 0 aromatic carbocycles. The lowest BCUT2D eigenvalue weighted by atomic mass is 9.95. The van der Waals surface area contributed by atoms with E-state index in [4.69, 9.17) is 0 Å². The maximum absolute atomic E-state index is 12.3. The molecule has 3 unspecified atom stereocenters. The second-order valence-corrected chi connectivity index (χ2v) is 5.47. The molecular weight excluding hydrogens is 216 g/mol. The highest BCUT2D eigenvalue weighted by atomic mass is 16.3. The standard InChI is InChI=1S/C13H24N2O2/c1-10-6-8-15(9-12(10)16)13(17)11-5-3-2-4-7-14-11/h10-12,14,16H,2-9H2,1H3. The normalized spacial score (nSPS) is 35.4. The molecule has 0 bridgehead atoms. The van der Waals surface area contributed by atoms with Crippen molar-refractivity contribution < 1.29 is 9.90 Å². The number of nitrogens with zero attached hydrogens (tertiary/aromatic N) is 1. The Labute approximate surface area is 103 Å². The molecule has 2 saturated heterocycles. The van der Waals surface area contributed by atoms with Crippen LogP contribution in [0.4, 0.5) is 0 Å². The number of hydrogen-bond donors (Lipinski definition) is 2. The van der Waals surface area contributed by atoms with E-state index in [-0.39, 0.29) is 18.1 Å². The van der Waals surface area contributed by atoms with Crippen molar-refractivity contribution >= 4 is 5.91 Å². The third-order valence-corrected chi connectivity index (χ3v) is 4.09. The van der Waals surface area contributed by atoms with Crippen molar-refractivity contribution in [3.8, 4) is 0 Å². The summed E-state index contributed by atoms with van der Waals surface area (Å²) >= 11 is 0. The molecule has 0 radical (unpaired) electrons. The van der Waals surface area contributed by atoms with Gasteiger partial charge in [-0.25, -0.2) is 0 Å². The van der Waals surface area contributed by atoms with E-state index in [1.807, 2.05) is 4.90 Å². The van der Waals surface area contributed by atoms with Crippen LogP contribution in [0.25, 0.3) is 0 Å². The van der Waals surface area contributed by atoms with E-state index >= 15 is 0 Å². The van der Waals surface area contributed by atoms with E-state index in [0.717, 1.165) is 32.4 Å². The number of amides is 1. The Morgan fingerprint density at radius 1 is 1.29 bits per heavy atom. The number of hydrogen-bond acceptors (Lipinski definition) is 3. The zero-order valence-corrected chi connectivity index (χ0v) is 10.7. The van der Waals surface area contributed by atoms with Crippen molar-refractivity contribution in [2.75, 3.05) is 19.6 Å². The lowest BCUT2D eigenvalue weighted by Gasteiger charge is -2.36. The second kappa shape index (κ2) is 5.83. The number of piperidine rings is 1. The molecule has 0 aliphatic carbocycles. The van der Waals surface area contributed by atoms with Crippen LogP contribution in [0.15, 0.2) is 0 Å². The second-order valence-electron chi connectivity index (χ2n) is 5.47. The van der Waals surface area contributed by atoms with Crippen LogP contribution in [0.2, 0.25) is 0 Å². The minimum absolute atomic E-state index is 0.0156. The van der Waals surface area contributed by atoms with Crippen LogP contribution in [0.3, 0.4) is 0 Å². The molecule has 0 aromatic rings. The summed E-state index contributed by atoms with van der Waals surface area (Å²) in [5.41, 5.74) is 0. The van der Waals surface area contributed by atoms with Gasteiger partial charge in [-0.15, -0.1) is 0 Å². The topological polar surface area (TPSA) is 52.6 Å². The molecule has 2 N–H and O–H groups in total. The number of β-amino-alcohol motifs (C(OH)–C–C–N with tert-alkyl or cyclic N) is 1. The SMILES string of the molecule is CC1CCN(C(=O)C2CCCCCN2)CC1O. The highest BCUT2D eigenvalue weighted by molar-refractivity contribution is 5.82. The largest absolute Gasteiger partial charge is 0.391 e. The van der Waals surface area contributed by atoms with Crippen LogP contribution in [0.5, 0.6) is 0 Å². The Balaban J connectivity index is 1.90. The maximum Gasteiger partial charge on any atom is 0.239 e. The molecule has 17 heavy (non-hydrogen) atoms. The molecule has 2 fully saturated rings. The first-order valence-electron chi connectivity index (χ1n) is 6.88. The Kier molecular flexibility index (Phi) is 4.40. The van der Waals surface area contributed by atoms with Gasteiger partial charge in [0.15, 0.2) is 0 Å². The third-order valence-electron chi connectivity index (χ3n) is 4.09. The minimum atomic E-state index is -0.349. The Hall–Kier alpha value is -0.610. The first kappa shape index (κ1) is 12.8. The number of nitrogens with one attached hydrogen (secondary N) is 1. The molecule has 98 valence electrons. The quantitative estimate of drug-likeness (QED) is 0.711. The minimum Gasteiger partial charge on any atom is -0.391 e. The van der Waals surface area contributed by atoms with E-state index in [0.29, 0.717) is 12.5 Å². The summed E-state index contributed by atoms with van der Waals surface area (Å²) in [6.45, 7) is 4.31. The number of likely N-dealkylation sites (tertiary alicyclic amines) is 1. The summed E-state index contributed by atoms with van der Waals surface area (Å²) in [7, 11) is 0. The van der Waals surface area contributed by atoms with E-state index in [1.54, 1.807) is 0 Å². The predicted molar refractivity (Wildman–Crippen MR) is 66.6 cm³/mol. The summed E-state index contributed by atoms with van der Waals surface area (Å²) in [5.74, 6) is 0.513. The molecule has 4 nitrogen and oxygen atoms in total. The van der Waals surface area contributed by atoms with Gasteiger partial charge in [-0.05, 0) is 31.7 Å². The van der Waals surface area contributed by atoms with Gasteiger partial charge in [-0.2, -0.15) is 0 Å². The first-order chi connectivity index (χ1) is 8.18. The van der Waals surface area contributed by atoms with Gasteiger partial charge in [-0.3, -0.25) is 4.79 Å². The molecule has 0 aromatic heterocycles. The van der Waals surface area contributed by atoms with Crippen molar-refractivity contribution in [2.24, 2.45) is 5.92 Å². The predicted octanol–water partition coefficient (Wildman–Crippen LogP) is 0.748. The van der Waals surface area contributed by atoms with E-state index in [1.165, 1.54) is 12.8 Å². The fourth-order valence-corrected chi connectivity index (χ4v) is 2.71. The van der Waals surface area contributed by atoms with Gasteiger partial charge in [0.2, 0.25) is 5.91 Å². The number of carbonyl (C=O) groups is 1. The van der Waals surface area contributed by atoms with Crippen LogP contribution in [0, 0.1) is 5.92 Å². The van der Waals surface area contributed by atoms with Gasteiger partial charge in [0, 0.05) is 13.1 Å². The number of aliphatic hydroxyl groups excluding tert-OH is 1. The molecule has 0 saturated carbocycles. The molecular formula is C13H24N2O2. The van der Waals surface area contributed by atoms with Crippen molar-refractivity contribution in [1.82, 2.24) is 10.2 Å². The molecule has 4 heteroatoms. The molecule has 1 amide bonds. The van der Waals surface area contributed by atoms with Gasteiger partial charge in [0.1, 0.15) is 0 Å². The molecule has 2 aliphatic rings. The lowest BCUT2D eigenvalue weighted by molar-refractivity contribution is -0.137. The number of aliphatic hydroxyl groups is 1. The summed E-state index contributed by atoms with van der Waals surface area (Å²) < 4.78 is 0. The van der Waals surface area contributed by atoms with Crippen molar-refractivity contribution in [3.05, 3.63) is 0 Å². The van der Waals surface area contributed by atoms with Gasteiger partial charge in [0.25, 0.3) is 0 Å². The van der Waals surface area contributed by atoms with Gasteiger partial charge >= 0.3 is 0 Å². The van der Waals surface area contributed by atoms with Gasteiger partial charge < -0.3 is 15.3 Å². The smallest absolute Gasteiger partial charge is 0.239 e. The van der Waals surface area contributed by atoms with Crippen LogP contribution in [-0.4, -0.2) is 47.7 Å². The van der Waals surface area contributed by atoms with E-state index < -0.39 is 0 Å². The van der Waals surface area contributed by atoms with Crippen LogP contribution < -0.4 is 5.32 Å². The maximum atomic E-state index is 12.3. The Morgan fingerprint density at radius 3 is 2.88 bits per heavy atom. The van der Waals surface area contributed by atoms with Crippen molar-refractivity contribution in [2.45, 2.75) is 51.2 Å². The third kappa shape index (κ3) is 3.19. The zero-order chi connectivity index (χ0) is 12.3. The molecule has 0 spiro atoms. The zero-order valence-electron chi connectivity index (χ0n) is 10.7. The lowest BCUT2D eigenvalue weighted by Crippen LogP contribution is -2.52. The first-order valence-corrected chi connectivity index (χ1v) is 6.88. The van der Waals surface area contributed by atoms with Crippen LogP contribution in [0.1, 0.15) is 39.0 Å². The molecule has 2 heterocycles. The average molecular weight is 240 g/mol. The Bertz CT molecular complexity index is 262. The summed E-state index contributed by atoms with van der Waals surface area (Å²) in [5, 5.41) is 13.2. The number of carbonyl (C=O) groups excluding carboxylic acids is 1. The van der Waals surface area contributed by atoms with Crippen LogP contribution in [-0.2, 0) is 4.79 Å². The summed E-state index contributed by atoms with van der Waals surface area (Å²) in [4.78, 5) is 14.2. The summed E-state index contributed by atoms with van der Waals surface area (Å²) in [6.07, 6.45) is 5.04. The number of rotatable bonds is 1. The summed E-state index contributed by atoms with van der Waals surface area (Å²) in [6, 6.07) is -0.0156. The monoisotopic (exact) mass is 240 g/mol. The van der Waals surface area contributed by atoms with Crippen LogP contribution >= 0.6 is 0 Å². The molecule has 2 rings (SSSR count). The van der Waals surface area contributed by atoms with Crippen molar-refractivity contribution in [3.63, 3.8) is 0 Å². The Morgan fingerprint density at radius 2 is 2.12 bits per heavy atom. The average Bonchev–Trinajstić information content (AvgIpc) is 2.60. The van der Waals surface area contributed by atoms with Gasteiger partial charge in [-0.1, -0.05) is 19.8 Å².